The lowest BCUT2D eigenvalue weighted by atomic mass is 10.3. The molecule has 142 valence electrons. The summed E-state index contributed by atoms with van der Waals surface area (Å²) in [6.07, 6.45) is 1.41. The van der Waals surface area contributed by atoms with E-state index in [-0.39, 0.29) is 18.0 Å². The quantitative estimate of drug-likeness (QED) is 0.664. The third-order valence-electron chi connectivity index (χ3n) is 4.45. The van der Waals surface area contributed by atoms with E-state index in [4.69, 9.17) is 0 Å². The zero-order valence-corrected chi connectivity index (χ0v) is 15.2. The summed E-state index contributed by atoms with van der Waals surface area (Å²) in [6, 6.07) is 4.47. The first-order valence-corrected chi connectivity index (χ1v) is 9.68. The van der Waals surface area contributed by atoms with Crippen molar-refractivity contribution in [1.82, 2.24) is 23.9 Å². The van der Waals surface area contributed by atoms with Crippen LogP contribution in [0.2, 0.25) is 0 Å². The summed E-state index contributed by atoms with van der Waals surface area (Å²) in [5, 5.41) is 4.16. The Hall–Kier alpha value is -2.66. The Morgan fingerprint density at radius 3 is 2.48 bits per heavy atom. The maximum atomic E-state index is 13.4. The number of hydrogen-bond donors (Lipinski definition) is 0. The maximum Gasteiger partial charge on any atom is 0.254 e. The molecule has 0 saturated carbocycles. The van der Waals surface area contributed by atoms with Gasteiger partial charge >= 0.3 is 0 Å². The summed E-state index contributed by atoms with van der Waals surface area (Å²) < 4.78 is 54.8. The molecule has 0 radical (unpaired) electrons. The average Bonchev–Trinajstić information content (AvgIpc) is 3.11. The topological polar surface area (TPSA) is 83.7 Å². The third-order valence-corrected chi connectivity index (χ3v) is 6.35. The predicted molar refractivity (Wildman–Crippen MR) is 92.8 cm³/mol. The number of benzene rings is 1. The summed E-state index contributed by atoms with van der Waals surface area (Å²) in [5.41, 5.74) is 0.780. The van der Waals surface area contributed by atoms with Gasteiger partial charge < -0.3 is 4.90 Å². The van der Waals surface area contributed by atoms with Gasteiger partial charge in [-0.05, 0) is 25.1 Å². The van der Waals surface area contributed by atoms with Crippen LogP contribution in [0.1, 0.15) is 5.69 Å². The second-order valence-corrected chi connectivity index (χ2v) is 8.13. The molecule has 8 nitrogen and oxygen atoms in total. The molecule has 1 aromatic carbocycles. The number of halogens is 2. The van der Waals surface area contributed by atoms with Crippen molar-refractivity contribution < 1.29 is 17.2 Å². The molecule has 0 amide bonds. The van der Waals surface area contributed by atoms with E-state index >= 15 is 0 Å². The average molecular weight is 394 g/mol. The maximum absolute atomic E-state index is 13.4. The number of aryl methyl sites for hydroxylation is 1. The molecule has 1 aliphatic heterocycles. The van der Waals surface area contributed by atoms with Crippen LogP contribution < -0.4 is 4.90 Å². The fourth-order valence-electron chi connectivity index (χ4n) is 3.08. The fraction of sp³-hybridized carbons (Fsp3) is 0.312. The second-order valence-electron chi connectivity index (χ2n) is 6.19. The Labute approximate surface area is 154 Å². The van der Waals surface area contributed by atoms with Gasteiger partial charge in [0, 0.05) is 37.9 Å². The number of anilines is 1. The Bertz CT molecular complexity index is 1110. The molecular formula is C16H16F2N6O2S. The largest absolute Gasteiger partial charge is 0.354 e. The minimum absolute atomic E-state index is 0.207. The van der Waals surface area contributed by atoms with Crippen LogP contribution in [0.3, 0.4) is 0 Å². The van der Waals surface area contributed by atoms with Crippen LogP contribution in [0.4, 0.5) is 14.6 Å². The van der Waals surface area contributed by atoms with Gasteiger partial charge in [0.25, 0.3) is 5.78 Å². The molecule has 3 heterocycles. The number of nitrogens with zero attached hydrogens (tertiary/aromatic N) is 6. The predicted octanol–water partition coefficient (Wildman–Crippen LogP) is 1.22. The first kappa shape index (κ1) is 17.7. The van der Waals surface area contributed by atoms with Crippen molar-refractivity contribution in [3.63, 3.8) is 0 Å². The lowest BCUT2D eigenvalue weighted by molar-refractivity contribution is 0.382. The van der Waals surface area contributed by atoms with Gasteiger partial charge in [-0.3, -0.25) is 0 Å². The van der Waals surface area contributed by atoms with Gasteiger partial charge in [0.05, 0.1) is 4.90 Å². The molecule has 0 N–H and O–H groups in total. The summed E-state index contributed by atoms with van der Waals surface area (Å²) in [4.78, 5) is 10.1. The van der Waals surface area contributed by atoms with Crippen molar-refractivity contribution in [2.75, 3.05) is 31.1 Å². The van der Waals surface area contributed by atoms with E-state index in [0.29, 0.717) is 24.9 Å². The highest BCUT2D eigenvalue weighted by molar-refractivity contribution is 7.89. The zero-order valence-electron chi connectivity index (χ0n) is 14.4. The fourth-order valence-corrected chi connectivity index (χ4v) is 4.52. The molecule has 0 spiro atoms. The lowest BCUT2D eigenvalue weighted by Crippen LogP contribution is -2.49. The highest BCUT2D eigenvalue weighted by Crippen LogP contribution is 2.23. The number of piperazine rings is 1. The van der Waals surface area contributed by atoms with E-state index < -0.39 is 21.7 Å². The van der Waals surface area contributed by atoms with E-state index in [2.05, 4.69) is 15.1 Å². The molecule has 0 atom stereocenters. The number of sulfonamides is 1. The Morgan fingerprint density at radius 1 is 1.04 bits per heavy atom. The number of aromatic nitrogens is 4. The van der Waals surface area contributed by atoms with Crippen molar-refractivity contribution in [1.29, 1.82) is 0 Å². The van der Waals surface area contributed by atoms with Crippen LogP contribution in [0.25, 0.3) is 5.78 Å². The molecule has 4 rings (SSSR count). The number of hydrogen-bond acceptors (Lipinski definition) is 6. The minimum atomic E-state index is -3.89. The molecule has 11 heteroatoms. The zero-order chi connectivity index (χ0) is 19.2. The monoisotopic (exact) mass is 394 g/mol. The van der Waals surface area contributed by atoms with Gasteiger partial charge in [0.1, 0.15) is 12.1 Å². The van der Waals surface area contributed by atoms with Gasteiger partial charge in [-0.2, -0.15) is 18.9 Å². The summed E-state index contributed by atoms with van der Waals surface area (Å²) >= 11 is 0. The molecule has 2 aromatic heterocycles. The molecule has 0 aliphatic carbocycles. The van der Waals surface area contributed by atoms with Crippen LogP contribution in [0, 0.1) is 18.6 Å². The molecule has 1 aliphatic rings. The normalized spacial score (nSPS) is 16.2. The van der Waals surface area contributed by atoms with Crippen LogP contribution in [0.15, 0.2) is 35.5 Å². The lowest BCUT2D eigenvalue weighted by Gasteiger charge is -2.35. The molecule has 27 heavy (non-hydrogen) atoms. The summed E-state index contributed by atoms with van der Waals surface area (Å²) in [7, 11) is -3.89. The second kappa shape index (κ2) is 6.50. The van der Waals surface area contributed by atoms with Crippen molar-refractivity contribution >= 4 is 21.6 Å². The van der Waals surface area contributed by atoms with Crippen molar-refractivity contribution in [2.45, 2.75) is 11.8 Å². The molecule has 1 fully saturated rings. The van der Waals surface area contributed by atoms with E-state index in [0.717, 1.165) is 23.6 Å². The molecule has 0 unspecified atom stereocenters. The van der Waals surface area contributed by atoms with Crippen molar-refractivity contribution in [3.8, 4) is 0 Å². The summed E-state index contributed by atoms with van der Waals surface area (Å²) in [6.45, 7) is 3.10. The van der Waals surface area contributed by atoms with Gasteiger partial charge in [-0.15, -0.1) is 0 Å². The minimum Gasteiger partial charge on any atom is -0.354 e. The van der Waals surface area contributed by atoms with E-state index in [1.807, 2.05) is 17.9 Å². The summed E-state index contributed by atoms with van der Waals surface area (Å²) in [5.74, 6) is -1.01. The van der Waals surface area contributed by atoms with Gasteiger partial charge in [-0.25, -0.2) is 22.2 Å². The first-order chi connectivity index (χ1) is 12.9. The Morgan fingerprint density at radius 2 is 1.78 bits per heavy atom. The van der Waals surface area contributed by atoms with Gasteiger partial charge in [0.2, 0.25) is 10.0 Å². The number of rotatable bonds is 3. The third kappa shape index (κ3) is 3.12. The Kier molecular flexibility index (Phi) is 4.27. The van der Waals surface area contributed by atoms with E-state index in [1.165, 1.54) is 10.6 Å². The van der Waals surface area contributed by atoms with Crippen LogP contribution in [-0.4, -0.2) is 58.5 Å². The van der Waals surface area contributed by atoms with Crippen LogP contribution in [-0.2, 0) is 10.0 Å². The molecule has 1 saturated heterocycles. The van der Waals surface area contributed by atoms with E-state index in [9.17, 15) is 17.2 Å². The standard InChI is InChI=1S/C16H16F2N6O2S/c1-11-8-15(24-16(21-11)19-10-20-24)22-4-6-23(7-5-22)27(25,26)12-2-3-13(17)14(18)9-12/h2-3,8-10H,4-7H2,1H3. The highest BCUT2D eigenvalue weighted by atomic mass is 32.2. The van der Waals surface area contributed by atoms with Crippen molar-refractivity contribution in [2.24, 2.45) is 0 Å². The first-order valence-electron chi connectivity index (χ1n) is 8.24. The molecule has 0 bridgehead atoms. The van der Waals surface area contributed by atoms with E-state index in [1.54, 1.807) is 4.52 Å². The molecular weight excluding hydrogens is 378 g/mol. The van der Waals surface area contributed by atoms with Crippen LogP contribution in [0.5, 0.6) is 0 Å². The highest BCUT2D eigenvalue weighted by Gasteiger charge is 2.30. The van der Waals surface area contributed by atoms with Gasteiger partial charge in [0.15, 0.2) is 11.6 Å². The van der Waals surface area contributed by atoms with Gasteiger partial charge in [-0.1, -0.05) is 0 Å². The number of fused-ring (bicyclic) bond motifs is 1. The molecule has 3 aromatic rings. The Balaban J connectivity index is 1.56. The van der Waals surface area contributed by atoms with Crippen molar-refractivity contribution in [3.05, 3.63) is 47.9 Å². The smallest absolute Gasteiger partial charge is 0.254 e. The van der Waals surface area contributed by atoms with Crippen LogP contribution >= 0.6 is 0 Å². The SMILES string of the molecule is Cc1cc(N2CCN(S(=O)(=O)c3ccc(F)c(F)c3)CC2)n2ncnc2n1.